The summed E-state index contributed by atoms with van der Waals surface area (Å²) in [4.78, 5) is 2.49. The highest BCUT2D eigenvalue weighted by atomic mass is 35.5. The third-order valence-electron chi connectivity index (χ3n) is 4.33. The van der Waals surface area contributed by atoms with E-state index in [1.807, 2.05) is 6.07 Å². The van der Waals surface area contributed by atoms with Crippen molar-refractivity contribution in [1.29, 1.82) is 0 Å². The molecular formula is C16H23ClN2O. The Morgan fingerprint density at radius 3 is 3.00 bits per heavy atom. The zero-order valence-corrected chi connectivity index (χ0v) is 12.7. The molecule has 1 aliphatic carbocycles. The van der Waals surface area contributed by atoms with Gasteiger partial charge in [0.2, 0.25) is 0 Å². The first-order valence-electron chi connectivity index (χ1n) is 7.65. The number of hydrogen-bond acceptors (Lipinski definition) is 3. The number of aryl methyl sites for hydroxylation is 1. The third-order valence-corrected chi connectivity index (χ3v) is 4.56. The van der Waals surface area contributed by atoms with E-state index in [-0.39, 0.29) is 0 Å². The Bertz CT molecular complexity index is 446. The first-order chi connectivity index (χ1) is 9.83. The predicted octanol–water partition coefficient (Wildman–Crippen LogP) is 2.64. The number of nitrogens with zero attached hydrogens (tertiary/aromatic N) is 1. The van der Waals surface area contributed by atoms with Crippen LogP contribution in [0.4, 0.5) is 0 Å². The van der Waals surface area contributed by atoms with Gasteiger partial charge in [0.15, 0.2) is 0 Å². The maximum Gasteiger partial charge on any atom is 0.0594 e. The van der Waals surface area contributed by atoms with Gasteiger partial charge in [-0.15, -0.1) is 0 Å². The maximum atomic E-state index is 6.05. The van der Waals surface area contributed by atoms with Crippen LogP contribution in [0.2, 0.25) is 5.02 Å². The van der Waals surface area contributed by atoms with E-state index in [0.717, 1.165) is 44.3 Å². The van der Waals surface area contributed by atoms with Crippen LogP contribution >= 0.6 is 11.6 Å². The molecule has 110 valence electrons. The van der Waals surface area contributed by atoms with Gasteiger partial charge in [0.1, 0.15) is 0 Å². The van der Waals surface area contributed by atoms with Crippen molar-refractivity contribution >= 4 is 11.6 Å². The molecule has 0 amide bonds. The van der Waals surface area contributed by atoms with E-state index in [2.05, 4.69) is 22.3 Å². The van der Waals surface area contributed by atoms with Crippen LogP contribution in [0.15, 0.2) is 18.2 Å². The lowest BCUT2D eigenvalue weighted by Gasteiger charge is -2.26. The van der Waals surface area contributed by atoms with Crippen molar-refractivity contribution in [3.8, 4) is 0 Å². The second-order valence-electron chi connectivity index (χ2n) is 5.70. The Hall–Kier alpha value is -0.610. The molecule has 0 saturated carbocycles. The molecule has 0 aromatic heterocycles. The Morgan fingerprint density at radius 1 is 1.30 bits per heavy atom. The molecule has 1 unspecified atom stereocenters. The zero-order chi connectivity index (χ0) is 13.8. The van der Waals surface area contributed by atoms with Crippen LogP contribution in [-0.2, 0) is 11.2 Å². The van der Waals surface area contributed by atoms with Gasteiger partial charge in [-0.25, -0.2) is 0 Å². The summed E-state index contributed by atoms with van der Waals surface area (Å²) in [5.41, 5.74) is 2.86. The fourth-order valence-electron chi connectivity index (χ4n) is 3.20. The maximum absolute atomic E-state index is 6.05. The minimum Gasteiger partial charge on any atom is -0.379 e. The topological polar surface area (TPSA) is 24.5 Å². The molecule has 1 N–H and O–H groups in total. The van der Waals surface area contributed by atoms with E-state index in [9.17, 15) is 0 Å². The molecule has 3 nitrogen and oxygen atoms in total. The minimum atomic E-state index is 0.520. The molecule has 1 saturated heterocycles. The second-order valence-corrected chi connectivity index (χ2v) is 6.13. The molecule has 0 bridgehead atoms. The van der Waals surface area contributed by atoms with Crippen molar-refractivity contribution < 1.29 is 4.74 Å². The summed E-state index contributed by atoms with van der Waals surface area (Å²) in [7, 11) is 0. The van der Waals surface area contributed by atoms with Gasteiger partial charge in [-0.2, -0.15) is 0 Å². The number of benzene rings is 1. The number of halogens is 1. The van der Waals surface area contributed by atoms with Crippen LogP contribution in [0.3, 0.4) is 0 Å². The minimum absolute atomic E-state index is 0.520. The summed E-state index contributed by atoms with van der Waals surface area (Å²) in [5.74, 6) is 0. The molecule has 3 rings (SSSR count). The lowest BCUT2D eigenvalue weighted by Crippen LogP contribution is -2.37. The highest BCUT2D eigenvalue weighted by Gasteiger charge is 2.21. The second kappa shape index (κ2) is 6.90. The summed E-state index contributed by atoms with van der Waals surface area (Å²) in [6.07, 6.45) is 3.56. The molecule has 1 heterocycles. The summed E-state index contributed by atoms with van der Waals surface area (Å²) >= 11 is 6.05. The number of ether oxygens (including phenoxy) is 1. The molecule has 1 aromatic rings. The van der Waals surface area contributed by atoms with Crippen LogP contribution in [0.25, 0.3) is 0 Å². The molecule has 20 heavy (non-hydrogen) atoms. The Morgan fingerprint density at radius 2 is 2.15 bits per heavy atom. The average molecular weight is 295 g/mol. The van der Waals surface area contributed by atoms with E-state index in [1.54, 1.807) is 0 Å². The Balaban J connectivity index is 1.41. The molecule has 0 spiro atoms. The largest absolute Gasteiger partial charge is 0.379 e. The SMILES string of the molecule is Clc1ccc2c(c1)CCC2NCCCN1CCOCC1. The summed E-state index contributed by atoms with van der Waals surface area (Å²) in [6, 6.07) is 6.83. The summed E-state index contributed by atoms with van der Waals surface area (Å²) in [5, 5.41) is 4.55. The molecule has 1 aliphatic heterocycles. The van der Waals surface area contributed by atoms with Crippen molar-refractivity contribution in [2.24, 2.45) is 0 Å². The smallest absolute Gasteiger partial charge is 0.0594 e. The van der Waals surface area contributed by atoms with Gasteiger partial charge < -0.3 is 10.1 Å². The normalized spacial score (nSPS) is 22.9. The highest BCUT2D eigenvalue weighted by molar-refractivity contribution is 6.30. The fraction of sp³-hybridized carbons (Fsp3) is 0.625. The van der Waals surface area contributed by atoms with Gasteiger partial charge in [0, 0.05) is 24.2 Å². The summed E-state index contributed by atoms with van der Waals surface area (Å²) in [6.45, 7) is 6.23. The zero-order valence-electron chi connectivity index (χ0n) is 11.9. The van der Waals surface area contributed by atoms with E-state index in [0.29, 0.717) is 6.04 Å². The predicted molar refractivity (Wildman–Crippen MR) is 82.4 cm³/mol. The van der Waals surface area contributed by atoms with Crippen LogP contribution < -0.4 is 5.32 Å². The van der Waals surface area contributed by atoms with Crippen molar-refractivity contribution in [3.05, 3.63) is 34.3 Å². The summed E-state index contributed by atoms with van der Waals surface area (Å²) < 4.78 is 5.37. The standard InChI is InChI=1S/C16H23ClN2O/c17-14-3-4-15-13(12-14)2-5-16(15)18-6-1-7-19-8-10-20-11-9-19/h3-4,12,16,18H,1-2,5-11H2. The van der Waals surface area contributed by atoms with Gasteiger partial charge in [0.25, 0.3) is 0 Å². The Kier molecular flexibility index (Phi) is 4.94. The monoisotopic (exact) mass is 294 g/mol. The van der Waals surface area contributed by atoms with Crippen LogP contribution in [0.5, 0.6) is 0 Å². The van der Waals surface area contributed by atoms with Gasteiger partial charge in [-0.1, -0.05) is 17.7 Å². The average Bonchev–Trinajstić information content (AvgIpc) is 2.87. The lowest BCUT2D eigenvalue weighted by atomic mass is 10.1. The Labute approximate surface area is 126 Å². The number of morpholine rings is 1. The number of rotatable bonds is 5. The molecule has 1 aromatic carbocycles. The fourth-order valence-corrected chi connectivity index (χ4v) is 3.40. The van der Waals surface area contributed by atoms with Crippen LogP contribution in [0, 0.1) is 0 Å². The molecular weight excluding hydrogens is 272 g/mol. The number of fused-ring (bicyclic) bond motifs is 1. The molecule has 4 heteroatoms. The van der Waals surface area contributed by atoms with Crippen molar-refractivity contribution in [1.82, 2.24) is 10.2 Å². The quantitative estimate of drug-likeness (QED) is 0.845. The van der Waals surface area contributed by atoms with Gasteiger partial charge in [0.05, 0.1) is 13.2 Å². The highest BCUT2D eigenvalue weighted by Crippen LogP contribution is 2.32. The third kappa shape index (κ3) is 3.53. The van der Waals surface area contributed by atoms with Gasteiger partial charge >= 0.3 is 0 Å². The van der Waals surface area contributed by atoms with Gasteiger partial charge in [-0.3, -0.25) is 4.90 Å². The van der Waals surface area contributed by atoms with Crippen molar-refractivity contribution in [2.45, 2.75) is 25.3 Å². The van der Waals surface area contributed by atoms with Crippen molar-refractivity contribution in [2.75, 3.05) is 39.4 Å². The van der Waals surface area contributed by atoms with Gasteiger partial charge in [-0.05, 0) is 55.6 Å². The van der Waals surface area contributed by atoms with E-state index in [1.165, 1.54) is 30.5 Å². The molecule has 1 fully saturated rings. The molecule has 0 radical (unpaired) electrons. The van der Waals surface area contributed by atoms with Crippen LogP contribution in [0.1, 0.15) is 30.0 Å². The van der Waals surface area contributed by atoms with E-state index < -0.39 is 0 Å². The number of nitrogens with one attached hydrogen (secondary N) is 1. The molecule has 1 atom stereocenters. The lowest BCUT2D eigenvalue weighted by molar-refractivity contribution is 0.0374. The first-order valence-corrected chi connectivity index (χ1v) is 8.02. The van der Waals surface area contributed by atoms with Crippen molar-refractivity contribution in [3.63, 3.8) is 0 Å². The first kappa shape index (κ1) is 14.3. The van der Waals surface area contributed by atoms with Crippen LogP contribution in [-0.4, -0.2) is 44.3 Å². The number of hydrogen-bond donors (Lipinski definition) is 1. The van der Waals surface area contributed by atoms with E-state index >= 15 is 0 Å². The van der Waals surface area contributed by atoms with E-state index in [4.69, 9.17) is 16.3 Å². The molecule has 2 aliphatic rings.